The van der Waals surface area contributed by atoms with Gasteiger partial charge in [0.1, 0.15) is 6.04 Å². The molecule has 1 aromatic carbocycles. The minimum Gasteiger partial charge on any atom is -0.347 e. The molecule has 176 valence electrons. The fourth-order valence-electron chi connectivity index (χ4n) is 4.06. The summed E-state index contributed by atoms with van der Waals surface area (Å²) in [6, 6.07) is 14.4. The summed E-state index contributed by atoms with van der Waals surface area (Å²) >= 11 is 0. The Kier molecular flexibility index (Phi) is 11.7. The van der Waals surface area contributed by atoms with E-state index in [-0.39, 0.29) is 42.7 Å². The Labute approximate surface area is 203 Å². The quantitative estimate of drug-likeness (QED) is 0.602. The molecule has 1 saturated heterocycles. The number of rotatable bonds is 8. The number of carbonyl (C=O) groups is 2. The van der Waals surface area contributed by atoms with Crippen molar-refractivity contribution >= 4 is 36.6 Å². The molecule has 1 fully saturated rings. The molecule has 0 radical (unpaired) electrons. The molecule has 0 saturated carbocycles. The minimum absolute atomic E-state index is 0. The van der Waals surface area contributed by atoms with E-state index in [1.165, 1.54) is 0 Å². The Morgan fingerprint density at radius 3 is 2.44 bits per heavy atom. The highest BCUT2D eigenvalue weighted by molar-refractivity contribution is 5.90. The number of likely N-dealkylation sites (tertiary alicyclic amines) is 1. The van der Waals surface area contributed by atoms with Gasteiger partial charge in [-0.1, -0.05) is 50.2 Å². The second-order valence-electron chi connectivity index (χ2n) is 8.42. The number of halogens is 2. The fourth-order valence-corrected chi connectivity index (χ4v) is 4.06. The molecule has 32 heavy (non-hydrogen) atoms. The number of benzene rings is 1. The van der Waals surface area contributed by atoms with Gasteiger partial charge in [0, 0.05) is 24.9 Å². The first-order valence-electron chi connectivity index (χ1n) is 10.8. The molecule has 3 atom stereocenters. The van der Waals surface area contributed by atoms with Crippen LogP contribution in [-0.4, -0.2) is 40.3 Å². The van der Waals surface area contributed by atoms with Crippen LogP contribution in [0, 0.1) is 5.92 Å². The summed E-state index contributed by atoms with van der Waals surface area (Å²) in [6.07, 6.45) is 4.44. The molecule has 3 N–H and O–H groups in total. The molecule has 1 aliphatic heterocycles. The van der Waals surface area contributed by atoms with Gasteiger partial charge in [-0.25, -0.2) is 0 Å². The van der Waals surface area contributed by atoms with Gasteiger partial charge in [0.2, 0.25) is 11.8 Å². The standard InChI is InChI=1S/C24H32N4O2.2ClH/c1-17(2)15-20(25)24(30)28-14-8-12-22(28)23(29)27-21(18-9-4-3-5-10-18)16-19-11-6-7-13-26-19;;/h3-7,9-11,13,17,20-22H,8,12,14-16,25H2,1-2H3,(H,27,29);2*1H/t20-,21-,22-;;/m0../s1. The maximum atomic E-state index is 13.2. The van der Waals surface area contributed by atoms with Crippen LogP contribution in [0.15, 0.2) is 54.7 Å². The Hall–Kier alpha value is -2.15. The molecule has 3 rings (SSSR count). The normalized spacial score (nSPS) is 17.1. The summed E-state index contributed by atoms with van der Waals surface area (Å²) < 4.78 is 0. The highest BCUT2D eigenvalue weighted by atomic mass is 35.5. The van der Waals surface area contributed by atoms with Crippen molar-refractivity contribution in [1.82, 2.24) is 15.2 Å². The number of pyridine rings is 1. The maximum Gasteiger partial charge on any atom is 0.243 e. The zero-order valence-corrected chi connectivity index (χ0v) is 20.3. The van der Waals surface area contributed by atoms with Gasteiger partial charge in [-0.3, -0.25) is 14.6 Å². The van der Waals surface area contributed by atoms with E-state index in [1.807, 2.05) is 62.4 Å². The Bertz CT molecular complexity index is 836. The molecule has 1 aromatic heterocycles. The van der Waals surface area contributed by atoms with Gasteiger partial charge in [-0.2, -0.15) is 0 Å². The number of hydrogen-bond donors (Lipinski definition) is 2. The van der Waals surface area contributed by atoms with Gasteiger partial charge >= 0.3 is 0 Å². The molecule has 6 nitrogen and oxygen atoms in total. The van der Waals surface area contributed by atoms with E-state index in [2.05, 4.69) is 10.3 Å². The third-order valence-corrected chi connectivity index (χ3v) is 5.54. The summed E-state index contributed by atoms with van der Waals surface area (Å²) in [5, 5.41) is 3.17. The highest BCUT2D eigenvalue weighted by Crippen LogP contribution is 2.23. The molecule has 0 bridgehead atoms. The van der Waals surface area contributed by atoms with Crippen LogP contribution in [0.2, 0.25) is 0 Å². The highest BCUT2D eigenvalue weighted by Gasteiger charge is 2.37. The largest absolute Gasteiger partial charge is 0.347 e. The van der Waals surface area contributed by atoms with Gasteiger partial charge in [-0.15, -0.1) is 24.8 Å². The van der Waals surface area contributed by atoms with Crippen LogP contribution in [0.3, 0.4) is 0 Å². The lowest BCUT2D eigenvalue weighted by Crippen LogP contribution is -2.52. The van der Waals surface area contributed by atoms with E-state index in [0.29, 0.717) is 31.7 Å². The number of nitrogens with zero attached hydrogens (tertiary/aromatic N) is 2. The summed E-state index contributed by atoms with van der Waals surface area (Å²) in [7, 11) is 0. The van der Waals surface area contributed by atoms with Crippen LogP contribution in [0.25, 0.3) is 0 Å². The van der Waals surface area contributed by atoms with Crippen LogP contribution in [-0.2, 0) is 16.0 Å². The van der Waals surface area contributed by atoms with Crippen molar-refractivity contribution in [2.45, 2.75) is 57.7 Å². The first-order valence-corrected chi connectivity index (χ1v) is 10.8. The van der Waals surface area contributed by atoms with Gasteiger partial charge in [-0.05, 0) is 42.9 Å². The molecule has 2 amide bonds. The van der Waals surface area contributed by atoms with Crippen LogP contribution in [0.4, 0.5) is 0 Å². The number of hydrogen-bond acceptors (Lipinski definition) is 4. The van der Waals surface area contributed by atoms with Gasteiger partial charge < -0.3 is 16.0 Å². The van der Waals surface area contributed by atoms with E-state index >= 15 is 0 Å². The lowest BCUT2D eigenvalue weighted by Gasteiger charge is -2.29. The van der Waals surface area contributed by atoms with Crippen molar-refractivity contribution in [2.75, 3.05) is 6.54 Å². The SMILES string of the molecule is CC(C)C[C@H](N)C(=O)N1CCC[C@H]1C(=O)N[C@@H](Cc1ccccn1)c1ccccc1.Cl.Cl. The van der Waals surface area contributed by atoms with E-state index in [0.717, 1.165) is 17.7 Å². The molecular formula is C24H34Cl2N4O2. The third-order valence-electron chi connectivity index (χ3n) is 5.54. The Morgan fingerprint density at radius 2 is 1.81 bits per heavy atom. The zero-order chi connectivity index (χ0) is 21.5. The Balaban J connectivity index is 0.00000256. The third kappa shape index (κ3) is 7.47. The minimum atomic E-state index is -0.558. The molecule has 2 heterocycles. The second kappa shape index (κ2) is 13.4. The predicted molar refractivity (Wildman–Crippen MR) is 132 cm³/mol. The second-order valence-corrected chi connectivity index (χ2v) is 8.42. The van der Waals surface area contributed by atoms with Crippen molar-refractivity contribution in [1.29, 1.82) is 0 Å². The fraction of sp³-hybridized carbons (Fsp3) is 0.458. The van der Waals surface area contributed by atoms with Crippen LogP contribution in [0.1, 0.15) is 50.4 Å². The summed E-state index contributed by atoms with van der Waals surface area (Å²) in [6.45, 7) is 4.67. The lowest BCUT2D eigenvalue weighted by molar-refractivity contribution is -0.140. The molecule has 0 unspecified atom stereocenters. The summed E-state index contributed by atoms with van der Waals surface area (Å²) in [4.78, 5) is 32.1. The van der Waals surface area contributed by atoms with E-state index in [1.54, 1.807) is 11.1 Å². The van der Waals surface area contributed by atoms with Crippen LogP contribution in [0.5, 0.6) is 0 Å². The van der Waals surface area contributed by atoms with E-state index in [9.17, 15) is 9.59 Å². The number of nitrogens with one attached hydrogen (secondary N) is 1. The summed E-state index contributed by atoms with van der Waals surface area (Å²) in [5.74, 6) is 0.0874. The van der Waals surface area contributed by atoms with Crippen LogP contribution >= 0.6 is 24.8 Å². The molecule has 2 aromatic rings. The lowest BCUT2D eigenvalue weighted by atomic mass is 10.0. The number of carbonyl (C=O) groups excluding carboxylic acids is 2. The first kappa shape index (κ1) is 27.9. The average Bonchev–Trinajstić information content (AvgIpc) is 3.23. The molecule has 1 aliphatic rings. The van der Waals surface area contributed by atoms with E-state index in [4.69, 9.17) is 5.73 Å². The van der Waals surface area contributed by atoms with Crippen molar-refractivity contribution in [3.63, 3.8) is 0 Å². The van der Waals surface area contributed by atoms with Crippen molar-refractivity contribution < 1.29 is 9.59 Å². The Morgan fingerprint density at radius 1 is 1.12 bits per heavy atom. The van der Waals surface area contributed by atoms with E-state index < -0.39 is 12.1 Å². The molecule has 0 spiro atoms. The smallest absolute Gasteiger partial charge is 0.243 e. The zero-order valence-electron chi connectivity index (χ0n) is 18.6. The number of amides is 2. The molecule has 8 heteroatoms. The predicted octanol–water partition coefficient (Wildman–Crippen LogP) is 3.69. The maximum absolute atomic E-state index is 13.2. The van der Waals surface area contributed by atoms with Crippen molar-refractivity contribution in [3.05, 3.63) is 66.0 Å². The topological polar surface area (TPSA) is 88.3 Å². The van der Waals surface area contributed by atoms with Gasteiger partial charge in [0.15, 0.2) is 0 Å². The number of aromatic nitrogens is 1. The van der Waals surface area contributed by atoms with Crippen molar-refractivity contribution in [3.8, 4) is 0 Å². The van der Waals surface area contributed by atoms with Crippen molar-refractivity contribution in [2.24, 2.45) is 11.7 Å². The van der Waals surface area contributed by atoms with Gasteiger partial charge in [0.05, 0.1) is 12.1 Å². The van der Waals surface area contributed by atoms with Crippen LogP contribution < -0.4 is 11.1 Å². The molecular weight excluding hydrogens is 447 g/mol. The monoisotopic (exact) mass is 480 g/mol. The number of nitrogens with two attached hydrogens (primary N) is 1. The first-order chi connectivity index (χ1) is 14.5. The summed E-state index contributed by atoms with van der Waals surface area (Å²) in [5.41, 5.74) is 8.05. The molecule has 0 aliphatic carbocycles. The average molecular weight is 481 g/mol. The van der Waals surface area contributed by atoms with Gasteiger partial charge in [0.25, 0.3) is 0 Å².